The Morgan fingerprint density at radius 1 is 0.812 bits per heavy atom. The molecule has 0 aliphatic carbocycles. The summed E-state index contributed by atoms with van der Waals surface area (Å²) in [5.74, 6) is 0. The minimum Gasteiger partial charge on any atom is -0.394 e. The SMILES string of the molecule is N#CC(O[C@@H]1OC(COC2OC(CO)C(O)C(O)[C@@H]2O)C(O)C(O)C1O)c1ccccc1. The van der Waals surface area contributed by atoms with Gasteiger partial charge in [0.15, 0.2) is 18.7 Å². The fourth-order valence-corrected chi connectivity index (χ4v) is 3.51. The van der Waals surface area contributed by atoms with Gasteiger partial charge in [-0.25, -0.2) is 0 Å². The maximum atomic E-state index is 10.3. The summed E-state index contributed by atoms with van der Waals surface area (Å²) in [5.41, 5.74) is 0.487. The molecule has 1 aromatic carbocycles. The standard InChI is InChI=1S/C20H27NO11/c21-6-10(9-4-2-1-3-5-9)30-20-18(28)16(26)14(24)12(32-20)8-29-19-17(27)15(25)13(23)11(7-22)31-19/h1-5,10-20,22-28H,7-8H2/t10?,11?,12?,13?,14?,15?,16?,17-,18?,19?,20+/m0/s1. The highest BCUT2D eigenvalue weighted by atomic mass is 16.7. The molecule has 2 heterocycles. The van der Waals surface area contributed by atoms with Crippen molar-refractivity contribution in [2.45, 2.75) is 67.5 Å². The lowest BCUT2D eigenvalue weighted by atomic mass is 9.98. The zero-order valence-corrected chi connectivity index (χ0v) is 16.9. The normalized spacial score (nSPS) is 41.1. The molecule has 7 N–H and O–H groups in total. The Labute approximate surface area is 183 Å². The second-order valence-electron chi connectivity index (χ2n) is 7.60. The van der Waals surface area contributed by atoms with E-state index in [1.54, 1.807) is 30.3 Å². The fraction of sp³-hybridized carbons (Fsp3) is 0.650. The van der Waals surface area contributed by atoms with Crippen molar-refractivity contribution in [3.05, 3.63) is 35.9 Å². The first-order valence-electron chi connectivity index (χ1n) is 10.00. The van der Waals surface area contributed by atoms with Crippen molar-refractivity contribution in [2.24, 2.45) is 0 Å². The van der Waals surface area contributed by atoms with E-state index in [1.807, 2.05) is 6.07 Å². The molecular formula is C20H27NO11. The van der Waals surface area contributed by atoms with Gasteiger partial charge in [0.25, 0.3) is 0 Å². The molecule has 2 aliphatic heterocycles. The van der Waals surface area contributed by atoms with Crippen LogP contribution in [0.5, 0.6) is 0 Å². The smallest absolute Gasteiger partial charge is 0.188 e. The van der Waals surface area contributed by atoms with Crippen molar-refractivity contribution in [1.82, 2.24) is 0 Å². The van der Waals surface area contributed by atoms with Gasteiger partial charge in [0.1, 0.15) is 48.8 Å². The first-order valence-corrected chi connectivity index (χ1v) is 10.00. The molecule has 2 saturated heterocycles. The predicted molar refractivity (Wildman–Crippen MR) is 102 cm³/mol. The predicted octanol–water partition coefficient (Wildman–Crippen LogP) is -3.11. The summed E-state index contributed by atoms with van der Waals surface area (Å²) in [6.45, 7) is -1.14. The van der Waals surface area contributed by atoms with Crippen LogP contribution in [0.2, 0.25) is 0 Å². The van der Waals surface area contributed by atoms with Crippen LogP contribution < -0.4 is 0 Å². The van der Waals surface area contributed by atoms with E-state index < -0.39 is 80.7 Å². The average molecular weight is 457 g/mol. The van der Waals surface area contributed by atoms with Crippen LogP contribution in [-0.2, 0) is 18.9 Å². The zero-order chi connectivity index (χ0) is 23.4. The Hall–Kier alpha value is -1.73. The van der Waals surface area contributed by atoms with Gasteiger partial charge in [-0.2, -0.15) is 5.26 Å². The number of nitriles is 1. The Kier molecular flexibility index (Phi) is 8.50. The van der Waals surface area contributed by atoms with Crippen LogP contribution in [0, 0.1) is 11.3 Å². The largest absolute Gasteiger partial charge is 0.394 e. The van der Waals surface area contributed by atoms with Crippen molar-refractivity contribution >= 4 is 0 Å². The molecule has 11 atom stereocenters. The third-order valence-electron chi connectivity index (χ3n) is 5.43. The van der Waals surface area contributed by atoms with Crippen LogP contribution in [0.15, 0.2) is 30.3 Å². The van der Waals surface area contributed by atoms with Crippen LogP contribution in [0.25, 0.3) is 0 Å². The molecule has 32 heavy (non-hydrogen) atoms. The topological polar surface area (TPSA) is 202 Å². The molecule has 0 aromatic heterocycles. The Bertz CT molecular complexity index is 760. The first kappa shape index (κ1) is 24.9. The summed E-state index contributed by atoms with van der Waals surface area (Å²) < 4.78 is 21.6. The number of aliphatic hydroxyl groups excluding tert-OH is 7. The molecular weight excluding hydrogens is 430 g/mol. The van der Waals surface area contributed by atoms with Gasteiger partial charge in [-0.1, -0.05) is 30.3 Å². The zero-order valence-electron chi connectivity index (χ0n) is 16.9. The van der Waals surface area contributed by atoms with Gasteiger partial charge >= 0.3 is 0 Å². The van der Waals surface area contributed by atoms with Crippen molar-refractivity contribution in [1.29, 1.82) is 5.26 Å². The van der Waals surface area contributed by atoms with Gasteiger partial charge in [0, 0.05) is 0 Å². The number of ether oxygens (including phenoxy) is 4. The second kappa shape index (κ2) is 10.9. The molecule has 178 valence electrons. The first-order chi connectivity index (χ1) is 15.3. The third-order valence-corrected chi connectivity index (χ3v) is 5.43. The van der Waals surface area contributed by atoms with Gasteiger partial charge in [0.05, 0.1) is 19.3 Å². The summed E-state index contributed by atoms with van der Waals surface area (Å²) in [5, 5.41) is 79.1. The van der Waals surface area contributed by atoms with Crippen LogP contribution in [0.3, 0.4) is 0 Å². The fourth-order valence-electron chi connectivity index (χ4n) is 3.51. The molecule has 9 unspecified atom stereocenters. The van der Waals surface area contributed by atoms with E-state index in [2.05, 4.69) is 0 Å². The number of aliphatic hydroxyl groups is 7. The van der Waals surface area contributed by atoms with Gasteiger partial charge in [-0.3, -0.25) is 0 Å². The number of hydrogen-bond acceptors (Lipinski definition) is 12. The van der Waals surface area contributed by atoms with Gasteiger partial charge in [0.2, 0.25) is 0 Å². The van der Waals surface area contributed by atoms with E-state index >= 15 is 0 Å². The van der Waals surface area contributed by atoms with Gasteiger partial charge in [-0.15, -0.1) is 0 Å². The average Bonchev–Trinajstić information content (AvgIpc) is 2.81. The number of rotatable bonds is 7. The van der Waals surface area contributed by atoms with Gasteiger partial charge in [-0.05, 0) is 5.56 Å². The summed E-state index contributed by atoms with van der Waals surface area (Å²) in [6, 6.07) is 10.3. The Balaban J connectivity index is 1.65. The molecule has 0 bridgehead atoms. The van der Waals surface area contributed by atoms with Crippen LogP contribution in [-0.4, -0.2) is 110 Å². The lowest BCUT2D eigenvalue weighted by Crippen LogP contribution is -2.61. The molecule has 2 aliphatic rings. The molecule has 3 rings (SSSR count). The second-order valence-corrected chi connectivity index (χ2v) is 7.60. The van der Waals surface area contributed by atoms with Crippen LogP contribution in [0.1, 0.15) is 11.7 Å². The number of benzene rings is 1. The Morgan fingerprint density at radius 3 is 1.97 bits per heavy atom. The van der Waals surface area contributed by atoms with E-state index in [4.69, 9.17) is 18.9 Å². The summed E-state index contributed by atoms with van der Waals surface area (Å²) in [4.78, 5) is 0. The van der Waals surface area contributed by atoms with E-state index in [1.165, 1.54) is 0 Å². The highest BCUT2D eigenvalue weighted by Gasteiger charge is 2.48. The molecule has 0 spiro atoms. The maximum Gasteiger partial charge on any atom is 0.188 e. The quantitative estimate of drug-likeness (QED) is 0.218. The summed E-state index contributed by atoms with van der Waals surface area (Å²) >= 11 is 0. The highest BCUT2D eigenvalue weighted by molar-refractivity contribution is 5.22. The number of hydrogen-bond donors (Lipinski definition) is 7. The van der Waals surface area contributed by atoms with E-state index in [0.717, 1.165) is 0 Å². The van der Waals surface area contributed by atoms with E-state index in [-0.39, 0.29) is 0 Å². The summed E-state index contributed by atoms with van der Waals surface area (Å²) in [7, 11) is 0. The lowest BCUT2D eigenvalue weighted by Gasteiger charge is -2.43. The van der Waals surface area contributed by atoms with Crippen molar-refractivity contribution in [3.63, 3.8) is 0 Å². The van der Waals surface area contributed by atoms with Gasteiger partial charge < -0.3 is 54.7 Å². The molecule has 2 fully saturated rings. The van der Waals surface area contributed by atoms with E-state index in [0.29, 0.717) is 5.56 Å². The van der Waals surface area contributed by atoms with Crippen LogP contribution >= 0.6 is 0 Å². The highest BCUT2D eigenvalue weighted by Crippen LogP contribution is 2.28. The third kappa shape index (κ3) is 5.25. The lowest BCUT2D eigenvalue weighted by molar-refractivity contribution is -0.334. The number of nitrogens with zero attached hydrogens (tertiary/aromatic N) is 1. The maximum absolute atomic E-state index is 10.3. The molecule has 1 aromatic rings. The minimum atomic E-state index is -1.70. The van der Waals surface area contributed by atoms with Crippen molar-refractivity contribution in [3.8, 4) is 6.07 Å². The molecule has 0 radical (unpaired) electrons. The summed E-state index contributed by atoms with van der Waals surface area (Å²) in [6.07, 6.45) is -16.5. The molecule has 0 saturated carbocycles. The minimum absolute atomic E-state index is 0.487. The van der Waals surface area contributed by atoms with Crippen molar-refractivity contribution < 1.29 is 54.7 Å². The van der Waals surface area contributed by atoms with E-state index in [9.17, 15) is 41.0 Å². The molecule has 12 heteroatoms. The molecule has 0 amide bonds. The van der Waals surface area contributed by atoms with Crippen LogP contribution in [0.4, 0.5) is 0 Å². The van der Waals surface area contributed by atoms with Crippen molar-refractivity contribution in [2.75, 3.05) is 13.2 Å². The Morgan fingerprint density at radius 2 is 1.38 bits per heavy atom. The molecule has 12 nitrogen and oxygen atoms in total. The monoisotopic (exact) mass is 457 g/mol.